The van der Waals surface area contributed by atoms with Crippen molar-refractivity contribution in [2.75, 3.05) is 25.0 Å². The Morgan fingerprint density at radius 1 is 1.24 bits per heavy atom. The number of anilines is 1. The number of rotatable bonds is 5. The molecule has 25 heavy (non-hydrogen) atoms. The maximum atomic E-state index is 9.07. The quantitative estimate of drug-likeness (QED) is 0.901. The van der Waals surface area contributed by atoms with Gasteiger partial charge in [-0.05, 0) is 64.3 Å². The minimum absolute atomic E-state index is 0.497. The maximum absolute atomic E-state index is 9.07. The largest absolute Gasteiger partial charge is 0.444 e. The van der Waals surface area contributed by atoms with Crippen LogP contribution >= 0.6 is 0 Å². The molecule has 132 valence electrons. The van der Waals surface area contributed by atoms with Gasteiger partial charge in [0.15, 0.2) is 0 Å². The van der Waals surface area contributed by atoms with E-state index in [1.54, 1.807) is 0 Å². The van der Waals surface area contributed by atoms with Crippen LogP contribution in [0.15, 0.2) is 16.5 Å². The lowest BCUT2D eigenvalue weighted by molar-refractivity contribution is 0.167. The molecule has 0 aliphatic carbocycles. The van der Waals surface area contributed by atoms with Gasteiger partial charge in [-0.1, -0.05) is 6.07 Å². The molecule has 2 aromatic heterocycles. The summed E-state index contributed by atoms with van der Waals surface area (Å²) >= 11 is 0. The van der Waals surface area contributed by atoms with E-state index < -0.39 is 0 Å². The molecule has 0 bridgehead atoms. The first kappa shape index (κ1) is 17.4. The fourth-order valence-corrected chi connectivity index (χ4v) is 3.14. The van der Waals surface area contributed by atoms with Gasteiger partial charge in [-0.25, -0.2) is 9.97 Å². The Bertz CT molecular complexity index is 749. The summed E-state index contributed by atoms with van der Waals surface area (Å²) in [4.78, 5) is 11.2. The average Bonchev–Trinajstić information content (AvgIpc) is 2.93. The van der Waals surface area contributed by atoms with Crippen LogP contribution in [0.3, 0.4) is 0 Å². The van der Waals surface area contributed by atoms with E-state index in [1.165, 1.54) is 0 Å². The Morgan fingerprint density at radius 2 is 2.00 bits per heavy atom. The molecule has 0 atom stereocenters. The van der Waals surface area contributed by atoms with Crippen molar-refractivity contribution >= 4 is 5.82 Å². The number of aryl methyl sites for hydroxylation is 3. The van der Waals surface area contributed by atoms with Gasteiger partial charge in [-0.15, -0.1) is 0 Å². The average molecular weight is 339 g/mol. The third kappa shape index (κ3) is 4.37. The minimum Gasteiger partial charge on any atom is -0.444 e. The van der Waals surface area contributed by atoms with E-state index in [1.807, 2.05) is 32.9 Å². The van der Waals surface area contributed by atoms with Crippen LogP contribution in [0.1, 0.15) is 41.4 Å². The van der Waals surface area contributed by atoms with Gasteiger partial charge in [0, 0.05) is 6.54 Å². The summed E-state index contributed by atoms with van der Waals surface area (Å²) in [6.07, 6.45) is 2.28. The van der Waals surface area contributed by atoms with Gasteiger partial charge >= 0.3 is 0 Å². The number of piperidine rings is 1. The Labute approximate surface area is 148 Å². The van der Waals surface area contributed by atoms with Gasteiger partial charge in [0.2, 0.25) is 5.89 Å². The van der Waals surface area contributed by atoms with Crippen molar-refractivity contribution < 1.29 is 4.42 Å². The highest BCUT2D eigenvalue weighted by Crippen LogP contribution is 2.20. The maximum Gasteiger partial charge on any atom is 0.208 e. The molecule has 1 aliphatic heterocycles. The van der Waals surface area contributed by atoms with Crippen molar-refractivity contribution in [2.24, 2.45) is 5.92 Å². The number of likely N-dealkylation sites (tertiary alicyclic amines) is 1. The van der Waals surface area contributed by atoms with E-state index in [0.29, 0.717) is 11.6 Å². The molecule has 6 nitrogen and oxygen atoms in total. The monoisotopic (exact) mass is 339 g/mol. The number of hydrogen-bond donors (Lipinski definition) is 1. The van der Waals surface area contributed by atoms with E-state index >= 15 is 0 Å². The molecule has 6 heteroatoms. The van der Waals surface area contributed by atoms with Gasteiger partial charge in [0.05, 0.1) is 12.2 Å². The smallest absolute Gasteiger partial charge is 0.208 e. The SMILES string of the molecule is Cc1ccc(NCC2CCN(Cc3nc(C)c(C)o3)CC2)nc1C#N. The molecule has 0 unspecified atom stereocenters. The number of aromatic nitrogens is 2. The van der Waals surface area contributed by atoms with Crippen molar-refractivity contribution in [1.29, 1.82) is 5.26 Å². The Balaban J connectivity index is 1.45. The van der Waals surface area contributed by atoms with Crippen molar-refractivity contribution in [1.82, 2.24) is 14.9 Å². The summed E-state index contributed by atoms with van der Waals surface area (Å²) in [6, 6.07) is 6.02. The van der Waals surface area contributed by atoms with Crippen LogP contribution in [0.4, 0.5) is 5.82 Å². The molecule has 1 fully saturated rings. The van der Waals surface area contributed by atoms with E-state index in [9.17, 15) is 0 Å². The molecule has 1 N–H and O–H groups in total. The van der Waals surface area contributed by atoms with Crippen molar-refractivity contribution in [3.05, 3.63) is 40.7 Å². The van der Waals surface area contributed by atoms with Crippen LogP contribution in [-0.4, -0.2) is 34.5 Å². The Hall–Kier alpha value is -2.39. The fourth-order valence-electron chi connectivity index (χ4n) is 3.14. The molecule has 0 aromatic carbocycles. The number of oxazole rings is 1. The van der Waals surface area contributed by atoms with Gasteiger partial charge in [0.1, 0.15) is 23.3 Å². The first-order valence-corrected chi connectivity index (χ1v) is 8.82. The van der Waals surface area contributed by atoms with E-state index in [-0.39, 0.29) is 0 Å². The Kier molecular flexibility index (Phi) is 5.34. The normalized spacial score (nSPS) is 15.9. The van der Waals surface area contributed by atoms with Crippen molar-refractivity contribution in [3.63, 3.8) is 0 Å². The first-order chi connectivity index (χ1) is 12.0. The fraction of sp³-hybridized carbons (Fsp3) is 0.526. The second-order valence-corrected chi connectivity index (χ2v) is 6.82. The molecule has 0 spiro atoms. The second-order valence-electron chi connectivity index (χ2n) is 6.82. The van der Waals surface area contributed by atoms with Crippen LogP contribution in [0.25, 0.3) is 0 Å². The van der Waals surface area contributed by atoms with Crippen LogP contribution < -0.4 is 5.32 Å². The third-order valence-corrected chi connectivity index (χ3v) is 4.91. The lowest BCUT2D eigenvalue weighted by Gasteiger charge is -2.31. The van der Waals surface area contributed by atoms with Crippen LogP contribution in [0.5, 0.6) is 0 Å². The summed E-state index contributed by atoms with van der Waals surface area (Å²) < 4.78 is 5.68. The summed E-state index contributed by atoms with van der Waals surface area (Å²) in [6.45, 7) is 9.64. The molecule has 3 heterocycles. The zero-order valence-electron chi connectivity index (χ0n) is 15.2. The lowest BCUT2D eigenvalue weighted by Crippen LogP contribution is -2.35. The number of hydrogen-bond acceptors (Lipinski definition) is 6. The topological polar surface area (TPSA) is 78.0 Å². The summed E-state index contributed by atoms with van der Waals surface area (Å²) in [5, 5.41) is 12.5. The summed E-state index contributed by atoms with van der Waals surface area (Å²) in [7, 11) is 0. The predicted molar refractivity (Wildman–Crippen MR) is 96.2 cm³/mol. The molecule has 1 saturated heterocycles. The molecule has 1 aliphatic rings. The number of nitrogens with one attached hydrogen (secondary N) is 1. The molecule has 0 radical (unpaired) electrons. The van der Waals surface area contributed by atoms with Crippen molar-refractivity contribution in [3.8, 4) is 6.07 Å². The van der Waals surface area contributed by atoms with Crippen LogP contribution in [0.2, 0.25) is 0 Å². The number of nitrogens with zero attached hydrogens (tertiary/aromatic N) is 4. The molecule has 2 aromatic rings. The minimum atomic E-state index is 0.497. The molecule has 3 rings (SSSR count). The Morgan fingerprint density at radius 3 is 2.64 bits per heavy atom. The molecular weight excluding hydrogens is 314 g/mol. The highest BCUT2D eigenvalue weighted by Gasteiger charge is 2.21. The summed E-state index contributed by atoms with van der Waals surface area (Å²) in [5.41, 5.74) is 2.39. The highest BCUT2D eigenvalue weighted by atomic mass is 16.4. The van der Waals surface area contributed by atoms with E-state index in [2.05, 4.69) is 26.3 Å². The van der Waals surface area contributed by atoms with Gasteiger partial charge < -0.3 is 9.73 Å². The molecule has 0 amide bonds. The molecule has 0 saturated carbocycles. The zero-order chi connectivity index (χ0) is 17.8. The van der Waals surface area contributed by atoms with E-state index in [0.717, 1.165) is 67.7 Å². The number of pyridine rings is 1. The third-order valence-electron chi connectivity index (χ3n) is 4.91. The summed E-state index contributed by atoms with van der Waals surface area (Å²) in [5.74, 6) is 3.14. The van der Waals surface area contributed by atoms with Crippen LogP contribution in [0, 0.1) is 38.0 Å². The standard InChI is InChI=1S/C19H25N5O/c1-13-4-5-18(23-17(13)10-20)21-11-16-6-8-24(9-7-16)12-19-22-14(2)15(3)25-19/h4-5,16H,6-9,11-12H2,1-3H3,(H,21,23). The van der Waals surface area contributed by atoms with Crippen molar-refractivity contribution in [2.45, 2.75) is 40.2 Å². The van der Waals surface area contributed by atoms with Gasteiger partial charge in [-0.2, -0.15) is 5.26 Å². The van der Waals surface area contributed by atoms with E-state index in [4.69, 9.17) is 9.68 Å². The molecular formula is C19H25N5O. The second kappa shape index (κ2) is 7.66. The lowest BCUT2D eigenvalue weighted by atomic mass is 9.97. The number of nitriles is 1. The van der Waals surface area contributed by atoms with Gasteiger partial charge in [0.25, 0.3) is 0 Å². The predicted octanol–water partition coefficient (Wildman–Crippen LogP) is 3.19. The van der Waals surface area contributed by atoms with Gasteiger partial charge in [-0.3, -0.25) is 4.90 Å². The first-order valence-electron chi connectivity index (χ1n) is 8.82. The highest BCUT2D eigenvalue weighted by molar-refractivity contribution is 5.42. The zero-order valence-corrected chi connectivity index (χ0v) is 15.2. The van der Waals surface area contributed by atoms with Crippen LogP contribution in [-0.2, 0) is 6.54 Å².